The summed E-state index contributed by atoms with van der Waals surface area (Å²) in [5.74, 6) is -1.20. The molecule has 0 aliphatic heterocycles. The van der Waals surface area contributed by atoms with Crippen LogP contribution < -0.4 is 21.1 Å². The zero-order valence-electron chi connectivity index (χ0n) is 22.8. The number of thioether (sulfide) groups is 1. The van der Waals surface area contributed by atoms with Gasteiger partial charge in [-0.1, -0.05) is 46.3 Å². The van der Waals surface area contributed by atoms with E-state index in [0.29, 0.717) is 16.9 Å². The van der Waals surface area contributed by atoms with Crippen LogP contribution in [-0.4, -0.2) is 31.4 Å². The van der Waals surface area contributed by atoms with Gasteiger partial charge in [0.2, 0.25) is 15.9 Å². The molecule has 0 fully saturated rings. The number of hydrogen-bond donors (Lipinski definition) is 4. The van der Waals surface area contributed by atoms with Gasteiger partial charge in [0.25, 0.3) is 11.8 Å². The Balaban J connectivity index is 1.40. The van der Waals surface area contributed by atoms with E-state index in [1.807, 2.05) is 24.3 Å². The smallest absolute Gasteiger partial charge is 0.272 e. The van der Waals surface area contributed by atoms with Crippen LogP contribution in [0, 0.1) is 0 Å². The highest BCUT2D eigenvalue weighted by atomic mass is 79.9. The van der Waals surface area contributed by atoms with Crippen molar-refractivity contribution >= 4 is 72.9 Å². The molecule has 0 aromatic heterocycles. The van der Waals surface area contributed by atoms with Gasteiger partial charge < -0.3 is 16.0 Å². The minimum absolute atomic E-state index is 0.0467. The highest BCUT2D eigenvalue weighted by molar-refractivity contribution is 9.10. The summed E-state index contributed by atoms with van der Waals surface area (Å²) < 4.78 is 23.7. The zero-order chi connectivity index (χ0) is 31.0. The van der Waals surface area contributed by atoms with E-state index in [9.17, 15) is 22.8 Å². The number of sulfonamides is 1. The fourth-order valence-corrected chi connectivity index (χ4v) is 5.36. The lowest BCUT2D eigenvalue weighted by Crippen LogP contribution is -2.30. The summed E-state index contributed by atoms with van der Waals surface area (Å²) in [6, 6.07) is 28.4. The lowest BCUT2D eigenvalue weighted by Gasteiger charge is -2.14. The van der Waals surface area contributed by atoms with Crippen molar-refractivity contribution in [2.24, 2.45) is 5.14 Å². The Labute approximate surface area is 262 Å². The fraction of sp³-hybridized carbons (Fsp3) is 0.0645. The van der Waals surface area contributed by atoms with E-state index in [-0.39, 0.29) is 16.5 Å². The summed E-state index contributed by atoms with van der Waals surface area (Å²) in [7, 11) is -3.82. The van der Waals surface area contributed by atoms with Gasteiger partial charge in [-0.3, -0.25) is 14.4 Å². The number of primary sulfonamides is 1. The molecule has 0 aliphatic rings. The Morgan fingerprint density at radius 3 is 2.00 bits per heavy atom. The first kappa shape index (κ1) is 31.7. The summed E-state index contributed by atoms with van der Waals surface area (Å²) in [4.78, 5) is 39.5. The molecule has 4 aromatic rings. The Morgan fingerprint density at radius 2 is 1.40 bits per heavy atom. The maximum absolute atomic E-state index is 13.3. The second-order valence-corrected chi connectivity index (χ2v) is 13.1. The molecule has 3 amide bonds. The molecular weight excluding hydrogens is 652 g/mol. The third-order valence-electron chi connectivity index (χ3n) is 5.95. The molecule has 0 radical (unpaired) electrons. The van der Waals surface area contributed by atoms with Crippen molar-refractivity contribution in [2.45, 2.75) is 22.0 Å². The Kier molecular flexibility index (Phi) is 10.5. The number of nitrogens with one attached hydrogen (secondary N) is 3. The van der Waals surface area contributed by atoms with E-state index in [0.717, 1.165) is 14.9 Å². The van der Waals surface area contributed by atoms with E-state index in [4.69, 9.17) is 5.14 Å². The molecule has 9 nitrogen and oxygen atoms in total. The number of carbonyl (C=O) groups excluding carboxylic acids is 3. The summed E-state index contributed by atoms with van der Waals surface area (Å²) in [5.41, 5.74) is 2.14. The molecule has 220 valence electrons. The van der Waals surface area contributed by atoms with Crippen molar-refractivity contribution in [3.05, 3.63) is 124 Å². The van der Waals surface area contributed by atoms with E-state index >= 15 is 0 Å². The minimum atomic E-state index is -3.82. The predicted molar refractivity (Wildman–Crippen MR) is 173 cm³/mol. The number of benzene rings is 4. The van der Waals surface area contributed by atoms with Gasteiger partial charge in [-0.05, 0) is 91.4 Å². The number of hydrogen-bond acceptors (Lipinski definition) is 6. The third-order valence-corrected chi connectivity index (χ3v) is 8.52. The minimum Gasteiger partial charge on any atom is -0.325 e. The molecule has 1 unspecified atom stereocenters. The maximum atomic E-state index is 13.3. The van der Waals surface area contributed by atoms with Crippen LogP contribution >= 0.6 is 27.7 Å². The van der Waals surface area contributed by atoms with E-state index in [1.54, 1.807) is 67.6 Å². The predicted octanol–water partition coefficient (Wildman–Crippen LogP) is 5.63. The second-order valence-electron chi connectivity index (χ2n) is 9.23. The van der Waals surface area contributed by atoms with Gasteiger partial charge in [0, 0.05) is 26.3 Å². The molecule has 0 saturated heterocycles. The first-order valence-corrected chi connectivity index (χ1v) is 16.1. The average Bonchev–Trinajstić information content (AvgIpc) is 2.99. The van der Waals surface area contributed by atoms with Crippen molar-refractivity contribution < 1.29 is 22.8 Å². The lowest BCUT2D eigenvalue weighted by atomic mass is 10.1. The average molecular weight is 680 g/mol. The SMILES string of the molecule is CC(Sc1ccc(NC(=O)/C(=C/c2ccc(Br)cc2)NC(=O)c2ccccc2)cc1)C(=O)Nc1ccc(S(N)(=O)=O)cc1. The molecule has 0 spiro atoms. The molecule has 4 aromatic carbocycles. The number of rotatable bonds is 10. The standard InChI is InChI=1S/C31H27BrN4O5S2/c1-20(29(37)34-25-13-17-27(18-14-25)43(33,40)41)42-26-15-11-24(12-16-26)35-31(39)28(19-21-7-9-23(32)10-8-21)36-30(38)22-5-3-2-4-6-22/h2-20H,1H3,(H,34,37)(H,35,39)(H,36,38)(H2,33,40,41)/b28-19-. The molecule has 0 aliphatic carbocycles. The van der Waals surface area contributed by atoms with Crippen molar-refractivity contribution in [1.29, 1.82) is 0 Å². The summed E-state index contributed by atoms with van der Waals surface area (Å²) in [6.45, 7) is 1.74. The fourth-order valence-electron chi connectivity index (χ4n) is 3.71. The van der Waals surface area contributed by atoms with E-state index in [2.05, 4.69) is 31.9 Å². The van der Waals surface area contributed by atoms with Gasteiger partial charge in [-0.25, -0.2) is 13.6 Å². The molecule has 1 atom stereocenters. The van der Waals surface area contributed by atoms with Crippen LogP contribution in [0.25, 0.3) is 6.08 Å². The van der Waals surface area contributed by atoms with Crippen LogP contribution in [0.1, 0.15) is 22.8 Å². The maximum Gasteiger partial charge on any atom is 0.272 e. The molecule has 0 bridgehead atoms. The normalized spacial score (nSPS) is 12.2. The molecule has 4 rings (SSSR count). The number of amides is 3. The molecular formula is C31H27BrN4O5S2. The van der Waals surface area contributed by atoms with E-state index in [1.165, 1.54) is 36.0 Å². The second kappa shape index (κ2) is 14.3. The molecule has 12 heteroatoms. The van der Waals surface area contributed by atoms with Gasteiger partial charge in [-0.15, -0.1) is 11.8 Å². The Hall–Kier alpha value is -4.23. The molecule has 5 N–H and O–H groups in total. The van der Waals surface area contributed by atoms with Crippen LogP contribution in [0.3, 0.4) is 0 Å². The highest BCUT2D eigenvalue weighted by Gasteiger charge is 2.17. The van der Waals surface area contributed by atoms with Gasteiger partial charge >= 0.3 is 0 Å². The Morgan fingerprint density at radius 1 is 0.814 bits per heavy atom. The highest BCUT2D eigenvalue weighted by Crippen LogP contribution is 2.26. The van der Waals surface area contributed by atoms with Crippen LogP contribution in [0.2, 0.25) is 0 Å². The van der Waals surface area contributed by atoms with Crippen molar-refractivity contribution in [3.8, 4) is 0 Å². The molecule has 43 heavy (non-hydrogen) atoms. The number of anilines is 2. The van der Waals surface area contributed by atoms with Gasteiger partial charge in [0.15, 0.2) is 0 Å². The van der Waals surface area contributed by atoms with Crippen LogP contribution in [-0.2, 0) is 19.6 Å². The first-order chi connectivity index (χ1) is 20.5. The number of halogens is 1. The number of nitrogens with two attached hydrogens (primary N) is 1. The van der Waals surface area contributed by atoms with Crippen LogP contribution in [0.4, 0.5) is 11.4 Å². The summed E-state index contributed by atoms with van der Waals surface area (Å²) in [5, 5.41) is 12.9. The van der Waals surface area contributed by atoms with Gasteiger partial charge in [0.05, 0.1) is 10.1 Å². The lowest BCUT2D eigenvalue weighted by molar-refractivity contribution is -0.115. The van der Waals surface area contributed by atoms with Gasteiger partial charge in [-0.2, -0.15) is 0 Å². The molecule has 0 saturated carbocycles. The molecule has 0 heterocycles. The quantitative estimate of drug-likeness (QED) is 0.126. The van der Waals surface area contributed by atoms with Crippen LogP contribution in [0.5, 0.6) is 0 Å². The Bertz CT molecular complexity index is 1750. The number of carbonyl (C=O) groups is 3. The topological polar surface area (TPSA) is 147 Å². The largest absolute Gasteiger partial charge is 0.325 e. The van der Waals surface area contributed by atoms with E-state index < -0.39 is 27.1 Å². The van der Waals surface area contributed by atoms with Crippen molar-refractivity contribution in [1.82, 2.24) is 5.32 Å². The summed E-state index contributed by atoms with van der Waals surface area (Å²) >= 11 is 4.70. The summed E-state index contributed by atoms with van der Waals surface area (Å²) in [6.07, 6.45) is 1.59. The van der Waals surface area contributed by atoms with Crippen molar-refractivity contribution in [2.75, 3.05) is 10.6 Å². The zero-order valence-corrected chi connectivity index (χ0v) is 26.0. The van der Waals surface area contributed by atoms with Crippen LogP contribution in [0.15, 0.2) is 123 Å². The monoisotopic (exact) mass is 678 g/mol. The van der Waals surface area contributed by atoms with Crippen molar-refractivity contribution in [3.63, 3.8) is 0 Å². The first-order valence-electron chi connectivity index (χ1n) is 12.8. The van der Waals surface area contributed by atoms with Gasteiger partial charge in [0.1, 0.15) is 5.70 Å². The third kappa shape index (κ3) is 9.38.